The topological polar surface area (TPSA) is 0 Å². The number of hydrogen-bond acceptors (Lipinski definition) is 0. The molecule has 0 saturated heterocycles. The molecule has 28 heavy (non-hydrogen) atoms. The fraction of sp³-hybridized carbons (Fsp3) is 0.615. The molecule has 0 aromatic heterocycles. The molecule has 0 amide bonds. The van der Waals surface area contributed by atoms with E-state index in [-0.39, 0.29) is 0 Å². The molecule has 0 nitrogen and oxygen atoms in total. The summed E-state index contributed by atoms with van der Waals surface area (Å²) in [6.45, 7) is 7.27. The summed E-state index contributed by atoms with van der Waals surface area (Å²) in [5, 5.41) is 1.60. The van der Waals surface area contributed by atoms with E-state index >= 15 is 0 Å². The Hall–Kier alpha value is -0.603. The Morgan fingerprint density at radius 1 is 1.04 bits per heavy atom. The van der Waals surface area contributed by atoms with Crippen LogP contribution in [0.4, 0.5) is 0 Å². The van der Waals surface area contributed by atoms with Crippen molar-refractivity contribution in [1.82, 2.24) is 0 Å². The van der Waals surface area contributed by atoms with Crippen molar-refractivity contribution < 1.29 is 0 Å². The van der Waals surface area contributed by atoms with E-state index in [1.54, 1.807) is 10.8 Å². The first-order valence-electron chi connectivity index (χ1n) is 11.6. The molecular formula is C26H39BrSi. The van der Waals surface area contributed by atoms with E-state index in [4.69, 9.17) is 0 Å². The number of benzene rings is 1. The van der Waals surface area contributed by atoms with Crippen LogP contribution in [-0.2, 0) is 0 Å². The van der Waals surface area contributed by atoms with Gasteiger partial charge < -0.3 is 0 Å². The monoisotopic (exact) mass is 458 g/mol. The fourth-order valence-corrected chi connectivity index (χ4v) is 7.76. The van der Waals surface area contributed by atoms with Crippen LogP contribution < -0.4 is 5.19 Å². The second kappa shape index (κ2) is 10.4. The lowest BCUT2D eigenvalue weighted by molar-refractivity contribution is 0.350. The molecule has 1 aromatic carbocycles. The van der Waals surface area contributed by atoms with Crippen LogP contribution in [0.1, 0.15) is 75.1 Å². The molecular weight excluding hydrogens is 420 g/mol. The van der Waals surface area contributed by atoms with Gasteiger partial charge in [-0.3, -0.25) is 0 Å². The van der Waals surface area contributed by atoms with Crippen molar-refractivity contribution in [2.24, 2.45) is 11.8 Å². The lowest BCUT2D eigenvalue weighted by Crippen LogP contribution is -2.41. The summed E-state index contributed by atoms with van der Waals surface area (Å²) >= 11 is 3.68. The lowest BCUT2D eigenvalue weighted by Gasteiger charge is -2.26. The van der Waals surface area contributed by atoms with Crippen LogP contribution in [-0.4, -0.2) is 8.07 Å². The van der Waals surface area contributed by atoms with Gasteiger partial charge >= 0.3 is 0 Å². The van der Waals surface area contributed by atoms with Crippen LogP contribution in [0.15, 0.2) is 48.1 Å². The SMILES string of the molecule is CC(Br)c1ccc([Si](C)(C)CCCC2=CCC(C3CCCCCC3)C=C2)cc1. The molecule has 2 aliphatic rings. The van der Waals surface area contributed by atoms with Gasteiger partial charge in [0.25, 0.3) is 0 Å². The van der Waals surface area contributed by atoms with Gasteiger partial charge in [0.1, 0.15) is 0 Å². The van der Waals surface area contributed by atoms with Crippen molar-refractivity contribution in [3.63, 3.8) is 0 Å². The molecule has 0 radical (unpaired) electrons. The Balaban J connectivity index is 1.46. The second-order valence-electron chi connectivity index (χ2n) is 9.76. The Morgan fingerprint density at radius 3 is 2.29 bits per heavy atom. The maximum absolute atomic E-state index is 3.68. The molecule has 2 aliphatic carbocycles. The van der Waals surface area contributed by atoms with Gasteiger partial charge in [-0.2, -0.15) is 0 Å². The van der Waals surface area contributed by atoms with Crippen LogP contribution in [0.2, 0.25) is 19.1 Å². The van der Waals surface area contributed by atoms with E-state index in [2.05, 4.69) is 78.4 Å². The third kappa shape index (κ3) is 6.20. The number of hydrogen-bond donors (Lipinski definition) is 0. The predicted molar refractivity (Wildman–Crippen MR) is 131 cm³/mol. The highest BCUT2D eigenvalue weighted by Gasteiger charge is 2.24. The zero-order chi connectivity index (χ0) is 20.0. The summed E-state index contributed by atoms with van der Waals surface area (Å²) in [5.74, 6) is 1.77. The molecule has 2 atom stereocenters. The zero-order valence-electron chi connectivity index (χ0n) is 18.2. The van der Waals surface area contributed by atoms with Crippen molar-refractivity contribution in [2.75, 3.05) is 0 Å². The van der Waals surface area contributed by atoms with Gasteiger partial charge in [0.15, 0.2) is 0 Å². The highest BCUT2D eigenvalue weighted by molar-refractivity contribution is 9.09. The highest BCUT2D eigenvalue weighted by Crippen LogP contribution is 2.34. The van der Waals surface area contributed by atoms with E-state index in [0.717, 1.165) is 11.8 Å². The van der Waals surface area contributed by atoms with Gasteiger partial charge in [-0.1, -0.05) is 120 Å². The molecule has 0 aliphatic heterocycles. The van der Waals surface area contributed by atoms with Crippen LogP contribution in [0.5, 0.6) is 0 Å². The number of alkyl halides is 1. The van der Waals surface area contributed by atoms with E-state index in [1.165, 1.54) is 69.4 Å². The first kappa shape index (κ1) is 22.1. The standard InChI is InChI=1S/C26H39BrSi/c1-21(27)23-16-18-26(19-17-23)28(2,3)20-8-9-22-12-14-25(15-13-22)24-10-6-4-5-7-11-24/h12-14,16-19,21,24-25H,4-11,15,20H2,1-3H3. The number of allylic oxidation sites excluding steroid dienone is 4. The highest BCUT2D eigenvalue weighted by atomic mass is 79.9. The average molecular weight is 460 g/mol. The van der Waals surface area contributed by atoms with E-state index in [0.29, 0.717) is 4.83 Å². The van der Waals surface area contributed by atoms with Crippen LogP contribution in [0.3, 0.4) is 0 Å². The molecule has 1 saturated carbocycles. The fourth-order valence-electron chi connectivity index (χ4n) is 5.03. The first-order valence-corrected chi connectivity index (χ1v) is 15.7. The summed E-state index contributed by atoms with van der Waals surface area (Å²) in [6, 6.07) is 10.8. The third-order valence-electron chi connectivity index (χ3n) is 7.13. The predicted octanol–water partition coefficient (Wildman–Crippen LogP) is 8.31. The lowest BCUT2D eigenvalue weighted by atomic mass is 9.81. The van der Waals surface area contributed by atoms with Crippen molar-refractivity contribution in [1.29, 1.82) is 0 Å². The van der Waals surface area contributed by atoms with Gasteiger partial charge in [-0.05, 0) is 50.0 Å². The molecule has 0 spiro atoms. The summed E-state index contributed by atoms with van der Waals surface area (Å²) in [7, 11) is -1.33. The minimum Gasteiger partial charge on any atom is -0.0842 e. The smallest absolute Gasteiger partial charge is 0.0806 e. The van der Waals surface area contributed by atoms with Crippen LogP contribution in [0.25, 0.3) is 0 Å². The van der Waals surface area contributed by atoms with Gasteiger partial charge in [-0.25, -0.2) is 0 Å². The normalized spacial score (nSPS) is 22.6. The van der Waals surface area contributed by atoms with Crippen molar-refractivity contribution in [3.05, 3.63) is 53.6 Å². The first-order chi connectivity index (χ1) is 13.5. The van der Waals surface area contributed by atoms with Crippen LogP contribution >= 0.6 is 15.9 Å². The molecule has 0 heterocycles. The van der Waals surface area contributed by atoms with Crippen LogP contribution in [0, 0.1) is 11.8 Å². The summed E-state index contributed by atoms with van der Waals surface area (Å²) in [4.78, 5) is 0.443. The maximum atomic E-state index is 3.68. The number of rotatable bonds is 7. The van der Waals surface area contributed by atoms with Gasteiger partial charge in [0.05, 0.1) is 8.07 Å². The van der Waals surface area contributed by atoms with Crippen molar-refractivity contribution in [3.8, 4) is 0 Å². The van der Waals surface area contributed by atoms with Gasteiger partial charge in [0, 0.05) is 4.83 Å². The molecule has 3 rings (SSSR count). The maximum Gasteiger partial charge on any atom is 0.0806 e. The molecule has 2 heteroatoms. The zero-order valence-corrected chi connectivity index (χ0v) is 20.8. The Morgan fingerprint density at radius 2 is 1.71 bits per heavy atom. The minimum atomic E-state index is -1.33. The van der Waals surface area contributed by atoms with Gasteiger partial charge in [-0.15, -0.1) is 0 Å². The molecule has 0 bridgehead atoms. The molecule has 154 valence electrons. The van der Waals surface area contributed by atoms with E-state index < -0.39 is 8.07 Å². The molecule has 0 N–H and O–H groups in total. The summed E-state index contributed by atoms with van der Waals surface area (Å²) in [6.07, 6.45) is 20.3. The summed E-state index contributed by atoms with van der Waals surface area (Å²) in [5.41, 5.74) is 2.98. The van der Waals surface area contributed by atoms with E-state index in [9.17, 15) is 0 Å². The Bertz CT molecular complexity index is 660. The largest absolute Gasteiger partial charge is 0.0842 e. The molecule has 1 fully saturated rings. The van der Waals surface area contributed by atoms with Crippen molar-refractivity contribution in [2.45, 2.75) is 88.7 Å². The number of halogens is 1. The molecule has 1 aromatic rings. The molecule has 2 unspecified atom stereocenters. The van der Waals surface area contributed by atoms with Gasteiger partial charge in [0.2, 0.25) is 0 Å². The van der Waals surface area contributed by atoms with E-state index in [1.807, 2.05) is 0 Å². The average Bonchev–Trinajstić information content (AvgIpc) is 2.98. The quantitative estimate of drug-likeness (QED) is 0.218. The van der Waals surface area contributed by atoms with Crippen molar-refractivity contribution >= 4 is 29.2 Å². The minimum absolute atomic E-state index is 0.443. The Labute approximate surface area is 183 Å². The second-order valence-corrected chi connectivity index (χ2v) is 16.0. The summed E-state index contributed by atoms with van der Waals surface area (Å²) < 4.78 is 0. The Kier molecular flexibility index (Phi) is 8.23. The third-order valence-corrected chi connectivity index (χ3v) is 11.2.